The average molecular weight is 292 g/mol. The summed E-state index contributed by atoms with van der Waals surface area (Å²) in [5, 5.41) is 0. The van der Waals surface area contributed by atoms with Crippen molar-refractivity contribution >= 4 is 17.5 Å². The highest BCUT2D eigenvalue weighted by molar-refractivity contribution is 6.24. The molecule has 2 aromatic rings. The second kappa shape index (κ2) is 5.77. The first kappa shape index (κ1) is 13.9. The number of carbonyl (C=O) groups excluding carboxylic acids is 3. The molecule has 0 atom stereocenters. The molecule has 4 heteroatoms. The first-order valence-corrected chi connectivity index (χ1v) is 6.77. The van der Waals surface area contributed by atoms with Gasteiger partial charge in [0.2, 0.25) is 0 Å². The number of rotatable bonds is 3. The molecule has 0 fully saturated rings. The number of carbonyl (C=O) groups is 3. The quantitative estimate of drug-likeness (QED) is 0.816. The van der Waals surface area contributed by atoms with Crippen LogP contribution in [0.4, 0.5) is 0 Å². The van der Waals surface area contributed by atoms with Crippen LogP contribution in [0, 0.1) is 0 Å². The first-order chi connectivity index (χ1) is 10.7. The zero-order valence-corrected chi connectivity index (χ0v) is 11.6. The molecule has 22 heavy (non-hydrogen) atoms. The van der Waals surface area contributed by atoms with E-state index in [-0.39, 0.29) is 34.9 Å². The van der Waals surface area contributed by atoms with Crippen molar-refractivity contribution in [1.82, 2.24) is 0 Å². The van der Waals surface area contributed by atoms with E-state index in [0.29, 0.717) is 0 Å². The topological polar surface area (TPSA) is 60.4 Å². The van der Waals surface area contributed by atoms with Crippen molar-refractivity contribution in [2.45, 2.75) is 6.61 Å². The Kier molecular flexibility index (Phi) is 3.66. The van der Waals surface area contributed by atoms with Gasteiger partial charge < -0.3 is 4.74 Å². The number of hydrogen-bond acceptors (Lipinski definition) is 4. The minimum atomic E-state index is -0.614. The number of hydrogen-bond donors (Lipinski definition) is 0. The third-order valence-electron chi connectivity index (χ3n) is 3.40. The van der Waals surface area contributed by atoms with E-state index in [1.54, 1.807) is 6.07 Å². The highest BCUT2D eigenvalue weighted by atomic mass is 16.5. The van der Waals surface area contributed by atoms with Gasteiger partial charge in [-0.1, -0.05) is 42.5 Å². The summed E-state index contributed by atoms with van der Waals surface area (Å²) in [6.45, 7) is 0.112. The van der Waals surface area contributed by atoms with Gasteiger partial charge in [0.15, 0.2) is 11.6 Å². The summed E-state index contributed by atoms with van der Waals surface area (Å²) in [7, 11) is 0. The van der Waals surface area contributed by atoms with Gasteiger partial charge in [0, 0.05) is 11.1 Å². The lowest BCUT2D eigenvalue weighted by atomic mass is 9.91. The van der Waals surface area contributed by atoms with Crippen molar-refractivity contribution in [3.63, 3.8) is 0 Å². The van der Waals surface area contributed by atoms with Gasteiger partial charge in [-0.2, -0.15) is 0 Å². The van der Waals surface area contributed by atoms with E-state index < -0.39 is 5.97 Å². The van der Waals surface area contributed by atoms with E-state index in [1.807, 2.05) is 30.3 Å². The fourth-order valence-corrected chi connectivity index (χ4v) is 2.32. The monoisotopic (exact) mass is 292 g/mol. The number of fused-ring (bicyclic) bond motifs is 1. The third kappa shape index (κ3) is 2.59. The van der Waals surface area contributed by atoms with Crippen molar-refractivity contribution in [3.8, 4) is 0 Å². The van der Waals surface area contributed by atoms with Gasteiger partial charge in [-0.3, -0.25) is 9.59 Å². The van der Waals surface area contributed by atoms with E-state index in [0.717, 1.165) is 5.56 Å². The molecule has 0 saturated carbocycles. The van der Waals surface area contributed by atoms with E-state index in [1.165, 1.54) is 24.3 Å². The fourth-order valence-electron chi connectivity index (χ4n) is 2.32. The first-order valence-electron chi connectivity index (χ1n) is 6.77. The molecular formula is C18H12O4. The molecule has 0 spiro atoms. The number of allylic oxidation sites excluding steroid dienone is 2. The zero-order chi connectivity index (χ0) is 15.5. The molecule has 1 aliphatic carbocycles. The second-order valence-electron chi connectivity index (χ2n) is 4.85. The molecule has 0 saturated heterocycles. The molecule has 4 nitrogen and oxygen atoms in total. The summed E-state index contributed by atoms with van der Waals surface area (Å²) in [5.41, 5.74) is 1.33. The Morgan fingerprint density at radius 3 is 2.36 bits per heavy atom. The van der Waals surface area contributed by atoms with Gasteiger partial charge in [0.05, 0.1) is 5.56 Å². The Labute approximate surface area is 127 Å². The molecule has 0 unspecified atom stereocenters. The van der Waals surface area contributed by atoms with Crippen molar-refractivity contribution in [2.75, 3.05) is 0 Å². The van der Waals surface area contributed by atoms with Gasteiger partial charge in [0.1, 0.15) is 6.61 Å². The maximum atomic E-state index is 12.2. The molecular weight excluding hydrogens is 280 g/mol. The summed E-state index contributed by atoms with van der Waals surface area (Å²) in [6.07, 6.45) is 2.39. The molecule has 1 aliphatic rings. The minimum absolute atomic E-state index is 0.112. The van der Waals surface area contributed by atoms with Crippen molar-refractivity contribution in [3.05, 3.63) is 82.9 Å². The largest absolute Gasteiger partial charge is 0.457 e. The predicted molar refractivity (Wildman–Crippen MR) is 79.8 cm³/mol. The van der Waals surface area contributed by atoms with Crippen LogP contribution in [0.1, 0.15) is 36.6 Å². The lowest BCUT2D eigenvalue weighted by molar-refractivity contribution is 0.0470. The van der Waals surface area contributed by atoms with E-state index >= 15 is 0 Å². The Morgan fingerprint density at radius 1 is 0.864 bits per heavy atom. The van der Waals surface area contributed by atoms with Crippen LogP contribution in [0.15, 0.2) is 60.7 Å². The zero-order valence-electron chi connectivity index (χ0n) is 11.6. The van der Waals surface area contributed by atoms with Gasteiger partial charge in [-0.25, -0.2) is 4.79 Å². The second-order valence-corrected chi connectivity index (χ2v) is 4.85. The van der Waals surface area contributed by atoms with Gasteiger partial charge in [-0.05, 0) is 23.8 Å². The Bertz CT molecular complexity index is 788. The van der Waals surface area contributed by atoms with Crippen LogP contribution in [-0.2, 0) is 11.3 Å². The summed E-state index contributed by atoms with van der Waals surface area (Å²) < 4.78 is 5.24. The smallest absolute Gasteiger partial charge is 0.339 e. The fraction of sp³-hybridized carbons (Fsp3) is 0.0556. The van der Waals surface area contributed by atoms with Crippen LogP contribution in [0.5, 0.6) is 0 Å². The summed E-state index contributed by atoms with van der Waals surface area (Å²) >= 11 is 0. The maximum absolute atomic E-state index is 12.2. The molecule has 0 bridgehead atoms. The number of ether oxygens (including phenoxy) is 1. The number of benzene rings is 2. The van der Waals surface area contributed by atoms with Crippen molar-refractivity contribution in [2.24, 2.45) is 0 Å². The standard InChI is InChI=1S/C18H12O4/c19-15-9-10-16(20)17-13(15)7-4-8-14(17)18(21)22-11-12-5-2-1-3-6-12/h1-10H,11H2. The highest BCUT2D eigenvalue weighted by Gasteiger charge is 2.25. The highest BCUT2D eigenvalue weighted by Crippen LogP contribution is 2.22. The third-order valence-corrected chi connectivity index (χ3v) is 3.40. The van der Waals surface area contributed by atoms with Crippen LogP contribution in [0.2, 0.25) is 0 Å². The summed E-state index contributed by atoms with van der Waals surface area (Å²) in [5.74, 6) is -1.26. The summed E-state index contributed by atoms with van der Waals surface area (Å²) in [6, 6.07) is 13.8. The summed E-state index contributed by atoms with van der Waals surface area (Å²) in [4.78, 5) is 36.0. The van der Waals surface area contributed by atoms with Crippen LogP contribution in [-0.4, -0.2) is 17.5 Å². The van der Waals surface area contributed by atoms with E-state index in [4.69, 9.17) is 4.74 Å². The van der Waals surface area contributed by atoms with Crippen LogP contribution in [0.3, 0.4) is 0 Å². The number of esters is 1. The maximum Gasteiger partial charge on any atom is 0.339 e. The average Bonchev–Trinajstić information content (AvgIpc) is 2.56. The van der Waals surface area contributed by atoms with Gasteiger partial charge in [-0.15, -0.1) is 0 Å². The van der Waals surface area contributed by atoms with E-state index in [9.17, 15) is 14.4 Å². The van der Waals surface area contributed by atoms with Gasteiger partial charge in [0.25, 0.3) is 0 Å². The Balaban J connectivity index is 1.87. The normalized spacial score (nSPS) is 12.9. The Morgan fingerprint density at radius 2 is 1.59 bits per heavy atom. The molecule has 0 N–H and O–H groups in total. The lowest BCUT2D eigenvalue weighted by Gasteiger charge is -2.13. The molecule has 3 rings (SSSR count). The number of ketones is 2. The molecule has 0 radical (unpaired) electrons. The van der Waals surface area contributed by atoms with E-state index in [2.05, 4.69) is 0 Å². The van der Waals surface area contributed by atoms with Crippen LogP contribution >= 0.6 is 0 Å². The molecule has 2 aromatic carbocycles. The van der Waals surface area contributed by atoms with Crippen LogP contribution < -0.4 is 0 Å². The molecule has 0 heterocycles. The van der Waals surface area contributed by atoms with Gasteiger partial charge >= 0.3 is 5.97 Å². The van der Waals surface area contributed by atoms with Crippen molar-refractivity contribution < 1.29 is 19.1 Å². The minimum Gasteiger partial charge on any atom is -0.457 e. The predicted octanol–water partition coefficient (Wildman–Crippen LogP) is 2.98. The van der Waals surface area contributed by atoms with Crippen molar-refractivity contribution in [1.29, 1.82) is 0 Å². The molecule has 0 aliphatic heterocycles. The Hall–Kier alpha value is -3.01. The molecule has 0 amide bonds. The van der Waals surface area contributed by atoms with Crippen LogP contribution in [0.25, 0.3) is 0 Å². The molecule has 0 aromatic heterocycles. The SMILES string of the molecule is O=C1C=CC(=O)c2c1cccc2C(=O)OCc1ccccc1. The lowest BCUT2D eigenvalue weighted by Crippen LogP contribution is -2.18. The molecule has 108 valence electrons.